The highest BCUT2D eigenvalue weighted by Gasteiger charge is 1.98. The summed E-state index contributed by atoms with van der Waals surface area (Å²) in [5.41, 5.74) is 0.489. The summed E-state index contributed by atoms with van der Waals surface area (Å²) < 4.78 is 5.51. The summed E-state index contributed by atoms with van der Waals surface area (Å²) in [5, 5.41) is 8.68. The molecule has 3 heteroatoms. The molecule has 0 spiro atoms. The molecule has 72 valence electrons. The van der Waals surface area contributed by atoms with Crippen molar-refractivity contribution in [3.05, 3.63) is 54.4 Å². The van der Waals surface area contributed by atoms with Gasteiger partial charge in [-0.25, -0.2) is 0 Å². The Labute approximate surface area is 87.6 Å². The van der Waals surface area contributed by atoms with Crippen molar-refractivity contribution >= 4 is 0 Å². The summed E-state index contributed by atoms with van der Waals surface area (Å²) >= 11 is 0. The molecule has 1 heterocycles. The van der Waals surface area contributed by atoms with Crippen LogP contribution in [0.15, 0.2) is 48.8 Å². The molecule has 0 aliphatic carbocycles. The predicted molar refractivity (Wildman–Crippen MR) is 55.5 cm³/mol. The minimum absolute atomic E-state index is 0.489. The van der Waals surface area contributed by atoms with Crippen LogP contribution in [0.2, 0.25) is 0 Å². The second kappa shape index (κ2) is 4.25. The van der Waals surface area contributed by atoms with Crippen molar-refractivity contribution in [1.82, 2.24) is 4.98 Å². The van der Waals surface area contributed by atoms with Gasteiger partial charge in [0.2, 0.25) is 0 Å². The van der Waals surface area contributed by atoms with Gasteiger partial charge in [0.1, 0.15) is 17.6 Å². The average Bonchev–Trinajstić information content (AvgIpc) is 2.31. The van der Waals surface area contributed by atoms with E-state index in [2.05, 4.69) is 4.98 Å². The van der Waals surface area contributed by atoms with E-state index < -0.39 is 0 Å². The number of hydrogen-bond donors (Lipinski definition) is 0. The first-order valence-electron chi connectivity index (χ1n) is 4.46. The van der Waals surface area contributed by atoms with E-state index in [9.17, 15) is 0 Å². The summed E-state index contributed by atoms with van der Waals surface area (Å²) in [4.78, 5) is 3.90. The number of hydrogen-bond acceptors (Lipinski definition) is 3. The maximum absolute atomic E-state index is 8.68. The van der Waals surface area contributed by atoms with Gasteiger partial charge >= 0.3 is 0 Å². The van der Waals surface area contributed by atoms with E-state index in [0.717, 1.165) is 5.75 Å². The fourth-order valence-electron chi connectivity index (χ4n) is 1.16. The van der Waals surface area contributed by atoms with E-state index >= 15 is 0 Å². The lowest BCUT2D eigenvalue weighted by Gasteiger charge is -2.04. The van der Waals surface area contributed by atoms with Gasteiger partial charge in [-0.15, -0.1) is 0 Å². The van der Waals surface area contributed by atoms with Crippen LogP contribution >= 0.6 is 0 Å². The van der Waals surface area contributed by atoms with E-state index in [4.69, 9.17) is 10.00 Å². The highest BCUT2D eigenvalue weighted by atomic mass is 16.5. The minimum Gasteiger partial charge on any atom is -0.456 e. The molecule has 1 aromatic carbocycles. The number of benzene rings is 1. The van der Waals surface area contributed by atoms with Gasteiger partial charge in [-0.05, 0) is 12.1 Å². The first kappa shape index (κ1) is 9.22. The number of pyridine rings is 1. The molecule has 0 unspecified atom stereocenters. The zero-order chi connectivity index (χ0) is 10.5. The van der Waals surface area contributed by atoms with Crippen LogP contribution in [-0.4, -0.2) is 4.98 Å². The van der Waals surface area contributed by atoms with Crippen molar-refractivity contribution in [3.63, 3.8) is 0 Å². The van der Waals surface area contributed by atoms with E-state index in [1.165, 1.54) is 6.20 Å². The van der Waals surface area contributed by atoms with E-state index in [-0.39, 0.29) is 0 Å². The Morgan fingerprint density at radius 3 is 2.60 bits per heavy atom. The third-order valence-electron chi connectivity index (χ3n) is 1.82. The molecule has 0 N–H and O–H groups in total. The summed E-state index contributed by atoms with van der Waals surface area (Å²) in [6, 6.07) is 13.0. The van der Waals surface area contributed by atoms with E-state index in [1.54, 1.807) is 12.3 Å². The normalized spacial score (nSPS) is 9.27. The molecule has 0 radical (unpaired) electrons. The molecule has 2 rings (SSSR count). The molecule has 0 amide bonds. The largest absolute Gasteiger partial charge is 0.456 e. The number of nitrogens with zero attached hydrogens (tertiary/aromatic N) is 2. The fraction of sp³-hybridized carbons (Fsp3) is 0. The molecule has 0 aliphatic heterocycles. The van der Waals surface area contributed by atoms with Crippen LogP contribution < -0.4 is 4.74 Å². The van der Waals surface area contributed by atoms with Crippen LogP contribution in [0.3, 0.4) is 0 Å². The molecular weight excluding hydrogens is 188 g/mol. The second-order valence-corrected chi connectivity index (χ2v) is 2.94. The van der Waals surface area contributed by atoms with Gasteiger partial charge in [0.05, 0.1) is 11.8 Å². The first-order chi connectivity index (χ1) is 7.38. The van der Waals surface area contributed by atoms with Gasteiger partial charge in [0, 0.05) is 12.3 Å². The van der Waals surface area contributed by atoms with Crippen molar-refractivity contribution in [2.24, 2.45) is 0 Å². The number of para-hydroxylation sites is 1. The van der Waals surface area contributed by atoms with Crippen LogP contribution in [0, 0.1) is 11.3 Å². The van der Waals surface area contributed by atoms with E-state index in [0.29, 0.717) is 11.3 Å². The zero-order valence-corrected chi connectivity index (χ0v) is 7.92. The Morgan fingerprint density at radius 2 is 1.87 bits per heavy atom. The maximum Gasteiger partial charge on any atom is 0.147 e. The average molecular weight is 196 g/mol. The highest BCUT2D eigenvalue weighted by Crippen LogP contribution is 2.20. The lowest BCUT2D eigenvalue weighted by Crippen LogP contribution is -1.86. The van der Waals surface area contributed by atoms with Crippen LogP contribution in [0.25, 0.3) is 0 Å². The van der Waals surface area contributed by atoms with Crippen molar-refractivity contribution < 1.29 is 4.74 Å². The molecule has 3 nitrogen and oxygen atoms in total. The molecule has 15 heavy (non-hydrogen) atoms. The Bertz CT molecular complexity index is 488. The number of nitriles is 1. The zero-order valence-electron chi connectivity index (χ0n) is 7.92. The molecule has 0 bridgehead atoms. The second-order valence-electron chi connectivity index (χ2n) is 2.94. The quantitative estimate of drug-likeness (QED) is 0.741. The number of ether oxygens (including phenoxy) is 1. The maximum atomic E-state index is 8.68. The van der Waals surface area contributed by atoms with E-state index in [1.807, 2.05) is 36.4 Å². The summed E-state index contributed by atoms with van der Waals surface area (Å²) in [6.45, 7) is 0. The molecule has 0 aliphatic rings. The van der Waals surface area contributed by atoms with Gasteiger partial charge < -0.3 is 4.74 Å². The first-order valence-corrected chi connectivity index (χ1v) is 4.46. The third kappa shape index (κ3) is 2.32. The van der Waals surface area contributed by atoms with Crippen molar-refractivity contribution in [1.29, 1.82) is 5.26 Å². The van der Waals surface area contributed by atoms with Crippen molar-refractivity contribution in [2.75, 3.05) is 0 Å². The van der Waals surface area contributed by atoms with Gasteiger partial charge in [-0.3, -0.25) is 4.98 Å². The lowest BCUT2D eigenvalue weighted by molar-refractivity contribution is 0.480. The Hall–Kier alpha value is -2.34. The van der Waals surface area contributed by atoms with Gasteiger partial charge in [0.25, 0.3) is 0 Å². The van der Waals surface area contributed by atoms with Crippen LogP contribution in [0.5, 0.6) is 11.5 Å². The number of aromatic nitrogens is 1. The van der Waals surface area contributed by atoms with Crippen molar-refractivity contribution in [2.45, 2.75) is 0 Å². The third-order valence-corrected chi connectivity index (χ3v) is 1.82. The summed E-state index contributed by atoms with van der Waals surface area (Å²) in [5.74, 6) is 1.30. The SMILES string of the molecule is N#Cc1cncc(Oc2ccccc2)c1. The summed E-state index contributed by atoms with van der Waals surface area (Å²) in [6.07, 6.45) is 3.08. The van der Waals surface area contributed by atoms with Crippen LogP contribution in [0.4, 0.5) is 0 Å². The fourth-order valence-corrected chi connectivity index (χ4v) is 1.16. The predicted octanol–water partition coefficient (Wildman–Crippen LogP) is 2.75. The van der Waals surface area contributed by atoms with Gasteiger partial charge in [0.15, 0.2) is 0 Å². The molecule has 0 saturated carbocycles. The Balaban J connectivity index is 2.22. The molecular formula is C12H8N2O. The Morgan fingerprint density at radius 1 is 1.07 bits per heavy atom. The summed E-state index contributed by atoms with van der Waals surface area (Å²) in [7, 11) is 0. The standard InChI is InChI=1S/C12H8N2O/c13-7-10-6-12(9-14-8-10)15-11-4-2-1-3-5-11/h1-6,8-9H. The number of rotatable bonds is 2. The monoisotopic (exact) mass is 196 g/mol. The van der Waals surface area contributed by atoms with Gasteiger partial charge in [-0.1, -0.05) is 18.2 Å². The molecule has 0 saturated heterocycles. The topological polar surface area (TPSA) is 45.9 Å². The van der Waals surface area contributed by atoms with Crippen LogP contribution in [-0.2, 0) is 0 Å². The minimum atomic E-state index is 0.489. The Kier molecular flexibility index (Phi) is 2.61. The lowest BCUT2D eigenvalue weighted by atomic mass is 10.3. The molecule has 0 atom stereocenters. The van der Waals surface area contributed by atoms with Crippen LogP contribution in [0.1, 0.15) is 5.56 Å². The molecule has 1 aromatic heterocycles. The smallest absolute Gasteiger partial charge is 0.147 e. The molecule has 0 fully saturated rings. The molecule has 2 aromatic rings. The van der Waals surface area contributed by atoms with Crippen molar-refractivity contribution in [3.8, 4) is 17.6 Å². The highest BCUT2D eigenvalue weighted by molar-refractivity contribution is 5.35. The van der Waals surface area contributed by atoms with Gasteiger partial charge in [-0.2, -0.15) is 5.26 Å².